The number of morpholine rings is 1. The molecule has 0 spiro atoms. The molecule has 3 N–H and O–H groups in total. The zero-order chi connectivity index (χ0) is 13.2. The van der Waals surface area contributed by atoms with Gasteiger partial charge in [0.15, 0.2) is 0 Å². The predicted octanol–water partition coefficient (Wildman–Crippen LogP) is -1.42. The Hall–Kier alpha value is -1.18. The number of amides is 1. The molecule has 7 nitrogen and oxygen atoms in total. The summed E-state index contributed by atoms with van der Waals surface area (Å²) >= 11 is 0. The van der Waals surface area contributed by atoms with Gasteiger partial charge in [-0.05, 0) is 6.92 Å². The molecule has 2 fully saturated rings. The topological polar surface area (TPSA) is 96.9 Å². The van der Waals surface area contributed by atoms with E-state index in [0.717, 1.165) is 0 Å². The van der Waals surface area contributed by atoms with Crippen LogP contribution in [0.25, 0.3) is 0 Å². The largest absolute Gasteiger partial charge is 0.481 e. The molecule has 2 aliphatic rings. The van der Waals surface area contributed by atoms with E-state index in [2.05, 4.69) is 10.6 Å². The third-order valence-corrected chi connectivity index (χ3v) is 3.50. The molecular formula is C11H18N2O5. The summed E-state index contributed by atoms with van der Waals surface area (Å²) in [4.78, 5) is 23.2. The Morgan fingerprint density at radius 1 is 1.39 bits per heavy atom. The van der Waals surface area contributed by atoms with Gasteiger partial charge in [-0.15, -0.1) is 0 Å². The summed E-state index contributed by atoms with van der Waals surface area (Å²) in [5.74, 6) is -1.20. The first kappa shape index (κ1) is 13.3. The van der Waals surface area contributed by atoms with Crippen LogP contribution in [0.2, 0.25) is 0 Å². The summed E-state index contributed by atoms with van der Waals surface area (Å²) in [7, 11) is 0. The summed E-state index contributed by atoms with van der Waals surface area (Å²) in [6.07, 6.45) is 0. The maximum absolute atomic E-state index is 12.0. The first-order valence-electron chi connectivity index (χ1n) is 5.96. The molecule has 3 unspecified atom stereocenters. The van der Waals surface area contributed by atoms with Crippen LogP contribution in [0.5, 0.6) is 0 Å². The standard InChI is InChI=1S/C11H18N2O5/c1-11(10(15)16)6-18-5-8(11)13-9(14)7-4-17-3-2-12-7/h7-8,12H,2-6H2,1H3,(H,13,14)(H,15,16). The highest BCUT2D eigenvalue weighted by Gasteiger charge is 2.47. The first-order chi connectivity index (χ1) is 8.54. The molecule has 1 amide bonds. The third kappa shape index (κ3) is 2.47. The van der Waals surface area contributed by atoms with E-state index >= 15 is 0 Å². The van der Waals surface area contributed by atoms with E-state index in [-0.39, 0.29) is 19.1 Å². The molecule has 0 bridgehead atoms. The van der Waals surface area contributed by atoms with Crippen LogP contribution in [0.4, 0.5) is 0 Å². The zero-order valence-electron chi connectivity index (χ0n) is 10.3. The molecule has 2 aliphatic heterocycles. The van der Waals surface area contributed by atoms with Crippen molar-refractivity contribution in [1.29, 1.82) is 0 Å². The van der Waals surface area contributed by atoms with E-state index in [1.807, 2.05) is 0 Å². The fraction of sp³-hybridized carbons (Fsp3) is 0.818. The van der Waals surface area contributed by atoms with Crippen LogP contribution in [-0.2, 0) is 19.1 Å². The quantitative estimate of drug-likeness (QED) is 0.575. The SMILES string of the molecule is CC1(C(=O)O)COCC1NC(=O)C1COCCN1. The van der Waals surface area contributed by atoms with Gasteiger partial charge in [0.05, 0.1) is 32.5 Å². The lowest BCUT2D eigenvalue weighted by atomic mass is 9.85. The number of hydrogen-bond acceptors (Lipinski definition) is 5. The minimum atomic E-state index is -1.06. The molecule has 7 heteroatoms. The average molecular weight is 258 g/mol. The molecule has 18 heavy (non-hydrogen) atoms. The first-order valence-corrected chi connectivity index (χ1v) is 5.96. The van der Waals surface area contributed by atoms with Gasteiger partial charge in [0.1, 0.15) is 11.5 Å². The molecule has 0 radical (unpaired) electrons. The molecule has 102 valence electrons. The zero-order valence-corrected chi connectivity index (χ0v) is 10.3. The van der Waals surface area contributed by atoms with Crippen molar-refractivity contribution in [3.05, 3.63) is 0 Å². The van der Waals surface area contributed by atoms with Crippen molar-refractivity contribution >= 4 is 11.9 Å². The predicted molar refractivity (Wildman–Crippen MR) is 61.1 cm³/mol. The molecule has 2 rings (SSSR count). The van der Waals surface area contributed by atoms with E-state index in [1.54, 1.807) is 6.92 Å². The number of carboxylic acid groups (broad SMARTS) is 1. The van der Waals surface area contributed by atoms with Crippen molar-refractivity contribution in [2.45, 2.75) is 19.0 Å². The number of hydrogen-bond donors (Lipinski definition) is 3. The van der Waals surface area contributed by atoms with Crippen molar-refractivity contribution in [3.8, 4) is 0 Å². The van der Waals surface area contributed by atoms with Crippen LogP contribution in [-0.4, -0.2) is 62.0 Å². The number of carboxylic acids is 1. The summed E-state index contributed by atoms with van der Waals surface area (Å²) in [5.41, 5.74) is -1.06. The second-order valence-electron chi connectivity index (χ2n) is 4.88. The number of nitrogens with one attached hydrogen (secondary N) is 2. The molecular weight excluding hydrogens is 240 g/mol. The van der Waals surface area contributed by atoms with Crippen molar-refractivity contribution in [2.24, 2.45) is 5.41 Å². The number of carbonyl (C=O) groups is 2. The Labute approximate surface area is 105 Å². The molecule has 0 saturated carbocycles. The lowest BCUT2D eigenvalue weighted by Gasteiger charge is -2.29. The smallest absolute Gasteiger partial charge is 0.313 e. The van der Waals surface area contributed by atoms with Crippen LogP contribution in [0.15, 0.2) is 0 Å². The molecule has 0 aliphatic carbocycles. The van der Waals surface area contributed by atoms with Crippen LogP contribution in [0.1, 0.15) is 6.92 Å². The molecule has 2 heterocycles. The lowest BCUT2D eigenvalue weighted by Crippen LogP contribution is -2.57. The van der Waals surface area contributed by atoms with Gasteiger partial charge in [-0.2, -0.15) is 0 Å². The van der Waals surface area contributed by atoms with Crippen molar-refractivity contribution in [3.63, 3.8) is 0 Å². The molecule has 0 aromatic carbocycles. The van der Waals surface area contributed by atoms with Gasteiger partial charge in [-0.3, -0.25) is 9.59 Å². The van der Waals surface area contributed by atoms with Crippen molar-refractivity contribution in [1.82, 2.24) is 10.6 Å². The molecule has 0 aromatic rings. The fourth-order valence-electron chi connectivity index (χ4n) is 2.09. The number of ether oxygens (including phenoxy) is 2. The highest BCUT2D eigenvalue weighted by Crippen LogP contribution is 2.28. The lowest BCUT2D eigenvalue weighted by molar-refractivity contribution is -0.149. The van der Waals surface area contributed by atoms with E-state index in [9.17, 15) is 14.7 Å². The summed E-state index contributed by atoms with van der Waals surface area (Å²) in [5, 5.41) is 15.0. The highest BCUT2D eigenvalue weighted by molar-refractivity contribution is 5.84. The van der Waals surface area contributed by atoms with Gasteiger partial charge in [0.25, 0.3) is 0 Å². The summed E-state index contributed by atoms with van der Waals surface area (Å²) < 4.78 is 10.4. The molecule has 3 atom stereocenters. The maximum atomic E-state index is 12.0. The monoisotopic (exact) mass is 258 g/mol. The Morgan fingerprint density at radius 3 is 2.78 bits per heavy atom. The Balaban J connectivity index is 1.95. The minimum absolute atomic E-state index is 0.113. The van der Waals surface area contributed by atoms with Crippen molar-refractivity contribution < 1.29 is 24.2 Å². The Kier molecular flexibility index (Phi) is 3.84. The van der Waals surface area contributed by atoms with E-state index in [0.29, 0.717) is 19.8 Å². The van der Waals surface area contributed by atoms with Gasteiger partial charge in [0, 0.05) is 6.54 Å². The highest BCUT2D eigenvalue weighted by atomic mass is 16.5. The van der Waals surface area contributed by atoms with Crippen LogP contribution < -0.4 is 10.6 Å². The Bertz CT molecular complexity index is 342. The van der Waals surface area contributed by atoms with E-state index in [4.69, 9.17) is 9.47 Å². The van der Waals surface area contributed by atoms with Gasteiger partial charge < -0.3 is 25.2 Å². The summed E-state index contributed by atoms with van der Waals surface area (Å²) in [6, 6.07) is -0.927. The second kappa shape index (κ2) is 5.21. The van der Waals surface area contributed by atoms with Gasteiger partial charge in [-0.1, -0.05) is 0 Å². The maximum Gasteiger partial charge on any atom is 0.313 e. The number of rotatable bonds is 3. The average Bonchev–Trinajstić information content (AvgIpc) is 2.73. The van der Waals surface area contributed by atoms with Crippen molar-refractivity contribution in [2.75, 3.05) is 33.0 Å². The van der Waals surface area contributed by atoms with Crippen LogP contribution in [0, 0.1) is 5.41 Å². The number of carbonyl (C=O) groups excluding carboxylic acids is 1. The molecule has 0 aromatic heterocycles. The van der Waals surface area contributed by atoms with Gasteiger partial charge >= 0.3 is 5.97 Å². The van der Waals surface area contributed by atoms with Gasteiger partial charge in [0.2, 0.25) is 5.91 Å². The van der Waals surface area contributed by atoms with Gasteiger partial charge in [-0.25, -0.2) is 0 Å². The normalized spacial score (nSPS) is 36.3. The second-order valence-corrected chi connectivity index (χ2v) is 4.88. The van der Waals surface area contributed by atoms with Crippen LogP contribution in [0.3, 0.4) is 0 Å². The minimum Gasteiger partial charge on any atom is -0.481 e. The Morgan fingerprint density at radius 2 is 2.17 bits per heavy atom. The number of aliphatic carboxylic acids is 1. The van der Waals surface area contributed by atoms with E-state index in [1.165, 1.54) is 0 Å². The third-order valence-electron chi connectivity index (χ3n) is 3.50. The fourth-order valence-corrected chi connectivity index (χ4v) is 2.09. The molecule has 2 saturated heterocycles. The van der Waals surface area contributed by atoms with E-state index < -0.39 is 23.5 Å². The van der Waals surface area contributed by atoms with Crippen LogP contribution >= 0.6 is 0 Å². The summed E-state index contributed by atoms with van der Waals surface area (Å²) in [6.45, 7) is 3.43.